The van der Waals surface area contributed by atoms with Crippen molar-refractivity contribution >= 4 is 11.6 Å². The van der Waals surface area contributed by atoms with E-state index in [1.54, 1.807) is 18.2 Å². The molecule has 1 atom stereocenters. The molecule has 2 heterocycles. The molecule has 0 spiro atoms. The summed E-state index contributed by atoms with van der Waals surface area (Å²) >= 11 is 0. The second-order valence-electron chi connectivity index (χ2n) is 7.30. The van der Waals surface area contributed by atoms with Crippen molar-refractivity contribution in [2.45, 2.75) is 32.2 Å². The summed E-state index contributed by atoms with van der Waals surface area (Å²) in [6.07, 6.45) is 0. The molecule has 1 unspecified atom stereocenters. The summed E-state index contributed by atoms with van der Waals surface area (Å²) in [6, 6.07) is 12.7. The molecule has 0 bridgehead atoms. The summed E-state index contributed by atoms with van der Waals surface area (Å²) in [7, 11) is 0. The number of carbonyl (C=O) groups is 1. The average molecular weight is 334 g/mol. The normalized spacial score (nSPS) is 18.2. The van der Waals surface area contributed by atoms with Crippen LogP contribution >= 0.6 is 0 Å². The molecule has 2 aromatic carbocycles. The SMILES string of the molecule is CC(C)(C)c1ccc2c(c1)C(C#N)N(c1ccc3c(c1)OCO3)C2=O. The van der Waals surface area contributed by atoms with E-state index in [0.29, 0.717) is 22.7 Å². The van der Waals surface area contributed by atoms with Crippen LogP contribution in [0.2, 0.25) is 0 Å². The van der Waals surface area contributed by atoms with Crippen LogP contribution in [0, 0.1) is 11.3 Å². The second-order valence-corrected chi connectivity index (χ2v) is 7.30. The quantitative estimate of drug-likeness (QED) is 0.792. The van der Waals surface area contributed by atoms with E-state index in [0.717, 1.165) is 11.1 Å². The molecule has 2 aliphatic heterocycles. The van der Waals surface area contributed by atoms with Crippen molar-refractivity contribution in [2.24, 2.45) is 0 Å². The number of benzene rings is 2. The number of nitrogens with zero attached hydrogens (tertiary/aromatic N) is 2. The lowest BCUT2D eigenvalue weighted by Gasteiger charge is -2.21. The predicted molar refractivity (Wildman–Crippen MR) is 92.9 cm³/mol. The van der Waals surface area contributed by atoms with Crippen LogP contribution in [0.4, 0.5) is 5.69 Å². The molecule has 0 fully saturated rings. The van der Waals surface area contributed by atoms with E-state index in [4.69, 9.17) is 9.47 Å². The number of carbonyl (C=O) groups excluding carboxylic acids is 1. The van der Waals surface area contributed by atoms with Crippen molar-refractivity contribution < 1.29 is 14.3 Å². The number of nitriles is 1. The van der Waals surface area contributed by atoms with Crippen LogP contribution in [0.3, 0.4) is 0 Å². The molecule has 0 N–H and O–H groups in total. The predicted octanol–water partition coefficient (Wildman–Crippen LogP) is 3.94. The monoisotopic (exact) mass is 334 g/mol. The molecule has 0 saturated carbocycles. The van der Waals surface area contributed by atoms with E-state index in [-0.39, 0.29) is 18.1 Å². The van der Waals surface area contributed by atoms with Gasteiger partial charge in [0.25, 0.3) is 5.91 Å². The summed E-state index contributed by atoms with van der Waals surface area (Å²) in [5.74, 6) is 1.07. The standard InChI is InChI=1S/C20H18N2O3/c1-20(2,3)12-4-6-14-15(8-12)16(10-21)22(19(14)23)13-5-7-17-18(9-13)25-11-24-17/h4-9,16H,11H2,1-3H3. The number of hydrogen-bond donors (Lipinski definition) is 0. The first kappa shape index (κ1) is 15.5. The minimum absolute atomic E-state index is 0.0513. The lowest BCUT2D eigenvalue weighted by Crippen LogP contribution is -2.26. The minimum atomic E-state index is -0.648. The van der Waals surface area contributed by atoms with E-state index in [1.807, 2.05) is 18.2 Å². The summed E-state index contributed by atoms with van der Waals surface area (Å²) in [4.78, 5) is 14.5. The Balaban J connectivity index is 1.80. The van der Waals surface area contributed by atoms with Crippen LogP contribution in [0.15, 0.2) is 36.4 Å². The van der Waals surface area contributed by atoms with Crippen molar-refractivity contribution in [2.75, 3.05) is 11.7 Å². The molecule has 0 saturated heterocycles. The Morgan fingerprint density at radius 1 is 1.12 bits per heavy atom. The molecule has 5 nitrogen and oxygen atoms in total. The number of hydrogen-bond acceptors (Lipinski definition) is 4. The van der Waals surface area contributed by atoms with Gasteiger partial charge in [0.15, 0.2) is 17.5 Å². The Labute approximate surface area is 146 Å². The van der Waals surface area contributed by atoms with Crippen LogP contribution in [-0.2, 0) is 5.41 Å². The van der Waals surface area contributed by atoms with E-state index in [9.17, 15) is 10.1 Å². The van der Waals surface area contributed by atoms with E-state index in [2.05, 4.69) is 26.8 Å². The van der Waals surface area contributed by atoms with Gasteiger partial charge in [-0.15, -0.1) is 0 Å². The van der Waals surface area contributed by atoms with Gasteiger partial charge in [0.2, 0.25) is 6.79 Å². The zero-order valence-electron chi connectivity index (χ0n) is 14.4. The van der Waals surface area contributed by atoms with Crippen LogP contribution in [0.1, 0.15) is 48.3 Å². The number of ether oxygens (including phenoxy) is 2. The highest BCUT2D eigenvalue weighted by molar-refractivity contribution is 6.11. The van der Waals surface area contributed by atoms with Crippen molar-refractivity contribution in [3.63, 3.8) is 0 Å². The zero-order chi connectivity index (χ0) is 17.8. The van der Waals surface area contributed by atoms with Crippen LogP contribution in [0.5, 0.6) is 11.5 Å². The van der Waals surface area contributed by atoms with Crippen LogP contribution < -0.4 is 14.4 Å². The fourth-order valence-electron chi connectivity index (χ4n) is 3.27. The Kier molecular flexibility index (Phi) is 3.26. The molecule has 1 amide bonds. The average Bonchev–Trinajstić information content (AvgIpc) is 3.15. The van der Waals surface area contributed by atoms with E-state index >= 15 is 0 Å². The Bertz CT molecular complexity index is 922. The number of fused-ring (bicyclic) bond motifs is 2. The molecular formula is C20H18N2O3. The number of rotatable bonds is 1. The van der Waals surface area contributed by atoms with Gasteiger partial charge in [-0.05, 0) is 29.2 Å². The van der Waals surface area contributed by atoms with Gasteiger partial charge in [0.1, 0.15) is 0 Å². The van der Waals surface area contributed by atoms with E-state index in [1.165, 1.54) is 4.90 Å². The first-order chi connectivity index (χ1) is 11.9. The largest absolute Gasteiger partial charge is 0.454 e. The van der Waals surface area contributed by atoms with Gasteiger partial charge < -0.3 is 9.47 Å². The third kappa shape index (κ3) is 2.33. The van der Waals surface area contributed by atoms with E-state index < -0.39 is 6.04 Å². The number of amides is 1. The zero-order valence-corrected chi connectivity index (χ0v) is 14.4. The molecule has 0 aromatic heterocycles. The molecule has 126 valence electrons. The second kappa shape index (κ2) is 5.25. The Morgan fingerprint density at radius 2 is 1.88 bits per heavy atom. The Hall–Kier alpha value is -3.00. The van der Waals surface area contributed by atoms with Crippen molar-refractivity contribution in [3.8, 4) is 17.6 Å². The first-order valence-corrected chi connectivity index (χ1v) is 8.17. The van der Waals surface area contributed by atoms with Gasteiger partial charge in [0, 0.05) is 22.9 Å². The van der Waals surface area contributed by atoms with Gasteiger partial charge >= 0.3 is 0 Å². The smallest absolute Gasteiger partial charge is 0.260 e. The maximum absolute atomic E-state index is 12.9. The molecule has 2 aliphatic rings. The van der Waals surface area contributed by atoms with Gasteiger partial charge in [-0.1, -0.05) is 32.9 Å². The molecule has 4 rings (SSSR count). The summed E-state index contributed by atoms with van der Waals surface area (Å²) in [6.45, 7) is 6.51. The minimum Gasteiger partial charge on any atom is -0.454 e. The van der Waals surface area contributed by atoms with Crippen LogP contribution in [0.25, 0.3) is 0 Å². The highest BCUT2D eigenvalue weighted by Gasteiger charge is 2.39. The summed E-state index contributed by atoms with van der Waals surface area (Å²) in [5.41, 5.74) is 3.03. The van der Waals surface area contributed by atoms with Gasteiger partial charge in [-0.3, -0.25) is 9.69 Å². The maximum Gasteiger partial charge on any atom is 0.260 e. The number of anilines is 1. The van der Waals surface area contributed by atoms with Gasteiger partial charge in [-0.2, -0.15) is 5.26 Å². The first-order valence-electron chi connectivity index (χ1n) is 8.17. The van der Waals surface area contributed by atoms with Gasteiger partial charge in [0.05, 0.1) is 6.07 Å². The molecule has 0 radical (unpaired) electrons. The van der Waals surface area contributed by atoms with Crippen molar-refractivity contribution in [1.29, 1.82) is 5.26 Å². The maximum atomic E-state index is 12.9. The topological polar surface area (TPSA) is 62.6 Å². The lowest BCUT2D eigenvalue weighted by atomic mass is 9.85. The highest BCUT2D eigenvalue weighted by atomic mass is 16.7. The summed E-state index contributed by atoms with van der Waals surface area (Å²) < 4.78 is 10.7. The van der Waals surface area contributed by atoms with Crippen molar-refractivity contribution in [1.82, 2.24) is 0 Å². The Morgan fingerprint density at radius 3 is 2.60 bits per heavy atom. The fourth-order valence-corrected chi connectivity index (χ4v) is 3.27. The molecule has 5 heteroatoms. The van der Waals surface area contributed by atoms with Crippen molar-refractivity contribution in [3.05, 3.63) is 53.1 Å². The third-order valence-electron chi connectivity index (χ3n) is 4.68. The fraction of sp³-hybridized carbons (Fsp3) is 0.300. The molecule has 2 aromatic rings. The molecule has 25 heavy (non-hydrogen) atoms. The third-order valence-corrected chi connectivity index (χ3v) is 4.68. The van der Waals surface area contributed by atoms with Gasteiger partial charge in [-0.25, -0.2) is 0 Å². The molecular weight excluding hydrogens is 316 g/mol. The molecule has 0 aliphatic carbocycles. The lowest BCUT2D eigenvalue weighted by molar-refractivity contribution is 0.0994. The summed E-state index contributed by atoms with van der Waals surface area (Å²) in [5, 5.41) is 9.75. The van der Waals surface area contributed by atoms with Crippen LogP contribution in [-0.4, -0.2) is 12.7 Å². The highest BCUT2D eigenvalue weighted by Crippen LogP contribution is 2.42.